The number of nitrogens with zero attached hydrogens (tertiary/aromatic N) is 1. The van der Waals surface area contributed by atoms with Crippen molar-refractivity contribution in [2.45, 2.75) is 6.54 Å². The Balaban J connectivity index is 2.59. The summed E-state index contributed by atoms with van der Waals surface area (Å²) in [5.41, 5.74) is 1.20. The van der Waals surface area contributed by atoms with Gasteiger partial charge in [-0.15, -0.1) is 0 Å². The summed E-state index contributed by atoms with van der Waals surface area (Å²) in [5, 5.41) is 0.653. The van der Waals surface area contributed by atoms with Gasteiger partial charge in [-0.2, -0.15) is 0 Å². The molecule has 0 N–H and O–H groups in total. The van der Waals surface area contributed by atoms with Gasteiger partial charge in [0.2, 0.25) is 0 Å². The molecule has 82 valence electrons. The first-order valence-electron chi connectivity index (χ1n) is 4.76. The number of hydrogen-bond acceptors (Lipinski definition) is 2. The quantitative estimate of drug-likeness (QED) is 0.764. The maximum Gasteiger partial charge on any atom is 0.119 e. The Kier molecular flexibility index (Phi) is 4.66. The van der Waals surface area contributed by atoms with E-state index in [2.05, 4.69) is 17.5 Å². The molecule has 0 amide bonds. The predicted molar refractivity (Wildman–Crippen MR) is 64.3 cm³/mol. The Morgan fingerprint density at radius 2 is 2.27 bits per heavy atom. The lowest BCUT2D eigenvalue weighted by Crippen LogP contribution is -2.18. The molecular weight excluding hydrogens is 210 g/mol. The highest BCUT2D eigenvalue weighted by Gasteiger charge is 2.02. The molecule has 0 aromatic heterocycles. The van der Waals surface area contributed by atoms with Gasteiger partial charge in [0.1, 0.15) is 5.75 Å². The summed E-state index contributed by atoms with van der Waals surface area (Å²) in [4.78, 5) is 2.10. The Bertz CT molecular complexity index is 338. The number of halogens is 1. The molecule has 0 saturated heterocycles. The Morgan fingerprint density at radius 1 is 1.53 bits per heavy atom. The van der Waals surface area contributed by atoms with E-state index >= 15 is 0 Å². The van der Waals surface area contributed by atoms with E-state index in [9.17, 15) is 0 Å². The fourth-order valence-electron chi connectivity index (χ4n) is 1.43. The van der Waals surface area contributed by atoms with Gasteiger partial charge in [0, 0.05) is 18.1 Å². The molecule has 0 fully saturated rings. The lowest BCUT2D eigenvalue weighted by atomic mass is 10.2. The summed E-state index contributed by atoms with van der Waals surface area (Å²) in [6.07, 6.45) is 0. The van der Waals surface area contributed by atoms with Crippen molar-refractivity contribution < 1.29 is 4.74 Å². The van der Waals surface area contributed by atoms with E-state index in [-0.39, 0.29) is 0 Å². The summed E-state index contributed by atoms with van der Waals surface area (Å²) in [5.74, 6) is 0.880. The van der Waals surface area contributed by atoms with Gasteiger partial charge >= 0.3 is 0 Å². The number of ether oxygens (including phenoxy) is 1. The minimum absolute atomic E-state index is 0.653. The van der Waals surface area contributed by atoms with Crippen LogP contribution in [-0.2, 0) is 6.54 Å². The number of methoxy groups -OCH3 is 1. The Labute approximate surface area is 96.1 Å². The molecule has 0 aliphatic carbocycles. The predicted octanol–water partition coefficient (Wildman–Crippen LogP) is 2.88. The second-order valence-corrected chi connectivity index (χ2v) is 4.08. The monoisotopic (exact) mass is 225 g/mol. The van der Waals surface area contributed by atoms with Crippen LogP contribution in [0.3, 0.4) is 0 Å². The van der Waals surface area contributed by atoms with Crippen molar-refractivity contribution in [2.75, 3.05) is 20.7 Å². The van der Waals surface area contributed by atoms with Gasteiger partial charge in [-0.1, -0.05) is 30.3 Å². The van der Waals surface area contributed by atoms with Crippen LogP contribution >= 0.6 is 11.6 Å². The van der Waals surface area contributed by atoms with Crippen LogP contribution in [0.4, 0.5) is 0 Å². The second kappa shape index (κ2) is 5.79. The van der Waals surface area contributed by atoms with Crippen LogP contribution in [0.2, 0.25) is 0 Å². The first kappa shape index (κ1) is 12.1. The molecule has 0 unspecified atom stereocenters. The third-order valence-electron chi connectivity index (χ3n) is 2.03. The van der Waals surface area contributed by atoms with Crippen LogP contribution in [-0.4, -0.2) is 25.6 Å². The van der Waals surface area contributed by atoms with Crippen molar-refractivity contribution in [3.05, 3.63) is 41.4 Å². The lowest BCUT2D eigenvalue weighted by Gasteiger charge is -2.16. The highest BCUT2D eigenvalue weighted by Crippen LogP contribution is 2.14. The van der Waals surface area contributed by atoms with Gasteiger partial charge in [0.15, 0.2) is 0 Å². The van der Waals surface area contributed by atoms with Crippen LogP contribution in [0.25, 0.3) is 0 Å². The molecule has 0 aliphatic heterocycles. The number of hydrogen-bond donors (Lipinski definition) is 0. The van der Waals surface area contributed by atoms with Gasteiger partial charge < -0.3 is 4.74 Å². The van der Waals surface area contributed by atoms with Gasteiger partial charge in [0.25, 0.3) is 0 Å². The SMILES string of the molecule is C=C(Cl)CN(C)Cc1cccc(OC)c1. The van der Waals surface area contributed by atoms with Gasteiger partial charge in [0.05, 0.1) is 7.11 Å². The van der Waals surface area contributed by atoms with Crippen LogP contribution < -0.4 is 4.74 Å². The Morgan fingerprint density at radius 3 is 2.87 bits per heavy atom. The van der Waals surface area contributed by atoms with E-state index in [4.69, 9.17) is 16.3 Å². The molecule has 0 radical (unpaired) electrons. The largest absolute Gasteiger partial charge is 0.497 e. The fourth-order valence-corrected chi connectivity index (χ4v) is 1.64. The molecule has 1 aromatic carbocycles. The zero-order chi connectivity index (χ0) is 11.3. The van der Waals surface area contributed by atoms with Crippen molar-refractivity contribution in [3.8, 4) is 5.75 Å². The number of rotatable bonds is 5. The zero-order valence-electron chi connectivity index (χ0n) is 9.16. The van der Waals surface area contributed by atoms with Crippen molar-refractivity contribution in [1.29, 1.82) is 0 Å². The molecule has 0 aliphatic rings. The second-order valence-electron chi connectivity index (χ2n) is 3.54. The lowest BCUT2D eigenvalue weighted by molar-refractivity contribution is 0.359. The summed E-state index contributed by atoms with van der Waals surface area (Å²) in [7, 11) is 3.68. The van der Waals surface area contributed by atoms with E-state index in [0.29, 0.717) is 11.6 Å². The average Bonchev–Trinajstić information content (AvgIpc) is 2.16. The number of likely N-dealkylation sites (N-methyl/N-ethyl adjacent to an activating group) is 1. The smallest absolute Gasteiger partial charge is 0.119 e. The first-order chi connectivity index (χ1) is 7.11. The Hall–Kier alpha value is -0.990. The number of benzene rings is 1. The highest BCUT2D eigenvalue weighted by molar-refractivity contribution is 6.29. The molecular formula is C12H16ClNO. The maximum atomic E-state index is 5.74. The van der Waals surface area contributed by atoms with E-state index in [1.54, 1.807) is 7.11 Å². The van der Waals surface area contributed by atoms with Gasteiger partial charge in [-0.25, -0.2) is 0 Å². The molecule has 0 spiro atoms. The zero-order valence-corrected chi connectivity index (χ0v) is 9.92. The normalized spacial score (nSPS) is 10.4. The molecule has 1 aromatic rings. The average molecular weight is 226 g/mol. The molecule has 2 nitrogen and oxygen atoms in total. The summed E-state index contributed by atoms with van der Waals surface area (Å²) >= 11 is 5.74. The molecule has 0 bridgehead atoms. The fraction of sp³-hybridized carbons (Fsp3) is 0.333. The van der Waals surface area contributed by atoms with Crippen molar-refractivity contribution in [3.63, 3.8) is 0 Å². The molecule has 0 atom stereocenters. The summed E-state index contributed by atoms with van der Waals surface area (Å²) < 4.78 is 5.16. The highest BCUT2D eigenvalue weighted by atomic mass is 35.5. The third-order valence-corrected chi connectivity index (χ3v) is 2.15. The molecule has 15 heavy (non-hydrogen) atoms. The van der Waals surface area contributed by atoms with E-state index < -0.39 is 0 Å². The molecule has 1 rings (SSSR count). The molecule has 0 saturated carbocycles. The minimum Gasteiger partial charge on any atom is -0.497 e. The van der Waals surface area contributed by atoms with Crippen molar-refractivity contribution in [2.24, 2.45) is 0 Å². The first-order valence-corrected chi connectivity index (χ1v) is 5.14. The molecule has 0 heterocycles. The topological polar surface area (TPSA) is 12.5 Å². The van der Waals surface area contributed by atoms with Crippen LogP contribution in [0.15, 0.2) is 35.9 Å². The maximum absolute atomic E-state index is 5.74. The summed E-state index contributed by atoms with van der Waals surface area (Å²) in [6, 6.07) is 8.00. The van der Waals surface area contributed by atoms with Crippen molar-refractivity contribution >= 4 is 11.6 Å². The molecule has 3 heteroatoms. The van der Waals surface area contributed by atoms with E-state index in [1.807, 2.05) is 25.2 Å². The van der Waals surface area contributed by atoms with Crippen LogP contribution in [0.1, 0.15) is 5.56 Å². The third kappa shape index (κ3) is 4.36. The summed E-state index contributed by atoms with van der Waals surface area (Å²) in [6.45, 7) is 5.20. The van der Waals surface area contributed by atoms with Crippen LogP contribution in [0, 0.1) is 0 Å². The van der Waals surface area contributed by atoms with Gasteiger partial charge in [-0.05, 0) is 24.7 Å². The van der Waals surface area contributed by atoms with E-state index in [0.717, 1.165) is 12.3 Å². The minimum atomic E-state index is 0.653. The van der Waals surface area contributed by atoms with Crippen molar-refractivity contribution in [1.82, 2.24) is 4.90 Å². The van der Waals surface area contributed by atoms with Crippen LogP contribution in [0.5, 0.6) is 5.75 Å². The van der Waals surface area contributed by atoms with E-state index in [1.165, 1.54) is 5.56 Å². The van der Waals surface area contributed by atoms with Gasteiger partial charge in [-0.3, -0.25) is 4.90 Å². The standard InChI is InChI=1S/C12H16ClNO/c1-10(13)8-14(2)9-11-5-4-6-12(7-11)15-3/h4-7H,1,8-9H2,2-3H3.